The lowest BCUT2D eigenvalue weighted by Crippen LogP contribution is -2.46. The Morgan fingerprint density at radius 1 is 0.867 bits per heavy atom. The van der Waals surface area contributed by atoms with Gasteiger partial charge in [0.05, 0.1) is 0 Å². The van der Waals surface area contributed by atoms with Crippen molar-refractivity contribution in [3.8, 4) is 0 Å². The standard InChI is InChI=1S/C22H38N6O2/c1-15(2)27-10-6-17(7-11-27)23-21(29)19-14-20(26(5)25-19)22(30)24-18-8-12-28(13-9-18)16(3)4/h14-18H,6-13H2,1-5H3,(H,23,29)(H,24,30). The highest BCUT2D eigenvalue weighted by Gasteiger charge is 2.26. The van der Waals surface area contributed by atoms with Crippen molar-refractivity contribution < 1.29 is 9.59 Å². The normalized spacial score (nSPS) is 20.1. The van der Waals surface area contributed by atoms with Crippen LogP contribution in [0.1, 0.15) is 74.4 Å². The maximum atomic E-state index is 12.8. The summed E-state index contributed by atoms with van der Waals surface area (Å²) in [7, 11) is 1.72. The first-order valence-corrected chi connectivity index (χ1v) is 11.4. The minimum atomic E-state index is -0.196. The second kappa shape index (κ2) is 9.92. The molecular weight excluding hydrogens is 380 g/mol. The van der Waals surface area contributed by atoms with Crippen molar-refractivity contribution in [3.05, 3.63) is 17.5 Å². The Kier molecular flexibility index (Phi) is 7.52. The predicted molar refractivity (Wildman–Crippen MR) is 118 cm³/mol. The molecule has 0 radical (unpaired) electrons. The first-order chi connectivity index (χ1) is 14.2. The van der Waals surface area contributed by atoms with Crippen LogP contribution in [-0.2, 0) is 7.05 Å². The van der Waals surface area contributed by atoms with Crippen molar-refractivity contribution in [3.63, 3.8) is 0 Å². The van der Waals surface area contributed by atoms with Crippen molar-refractivity contribution >= 4 is 11.8 Å². The van der Waals surface area contributed by atoms with Gasteiger partial charge in [0.1, 0.15) is 5.69 Å². The van der Waals surface area contributed by atoms with E-state index < -0.39 is 0 Å². The molecule has 0 bridgehead atoms. The SMILES string of the molecule is CC(C)N1CCC(NC(=O)c2cc(C(=O)NC3CCN(C(C)C)CC3)n(C)n2)CC1. The molecule has 2 N–H and O–H groups in total. The minimum absolute atomic E-state index is 0.155. The molecule has 3 rings (SSSR count). The molecule has 0 atom stereocenters. The molecule has 0 saturated carbocycles. The molecule has 1 aromatic rings. The van der Waals surface area contributed by atoms with Gasteiger partial charge in [0.15, 0.2) is 5.69 Å². The van der Waals surface area contributed by atoms with Crippen LogP contribution in [-0.4, -0.2) is 81.7 Å². The van der Waals surface area contributed by atoms with Gasteiger partial charge < -0.3 is 20.4 Å². The summed E-state index contributed by atoms with van der Waals surface area (Å²) >= 11 is 0. The summed E-state index contributed by atoms with van der Waals surface area (Å²) in [6, 6.07) is 3.02. The van der Waals surface area contributed by atoms with Gasteiger partial charge >= 0.3 is 0 Å². The summed E-state index contributed by atoms with van der Waals surface area (Å²) in [6.45, 7) is 12.8. The van der Waals surface area contributed by atoms with E-state index in [9.17, 15) is 9.59 Å². The van der Waals surface area contributed by atoms with E-state index in [0.717, 1.165) is 51.9 Å². The van der Waals surface area contributed by atoms with Gasteiger partial charge in [-0.1, -0.05) is 0 Å². The number of rotatable bonds is 6. The van der Waals surface area contributed by atoms with Crippen molar-refractivity contribution in [1.82, 2.24) is 30.2 Å². The number of carbonyl (C=O) groups is 2. The fourth-order valence-electron chi connectivity index (χ4n) is 4.43. The Balaban J connectivity index is 1.52. The summed E-state index contributed by atoms with van der Waals surface area (Å²) in [5.41, 5.74) is 0.740. The number of hydrogen-bond donors (Lipinski definition) is 2. The van der Waals surface area contributed by atoms with Crippen molar-refractivity contribution in [2.24, 2.45) is 7.05 Å². The number of amides is 2. The van der Waals surface area contributed by atoms with Crippen LogP contribution in [0.5, 0.6) is 0 Å². The van der Waals surface area contributed by atoms with Crippen LogP contribution in [0.3, 0.4) is 0 Å². The van der Waals surface area contributed by atoms with Gasteiger partial charge in [-0.15, -0.1) is 0 Å². The van der Waals surface area contributed by atoms with Crippen molar-refractivity contribution in [2.75, 3.05) is 26.2 Å². The van der Waals surface area contributed by atoms with Gasteiger partial charge in [0.2, 0.25) is 0 Å². The highest BCUT2D eigenvalue weighted by molar-refractivity contribution is 5.98. The van der Waals surface area contributed by atoms with E-state index in [1.54, 1.807) is 13.1 Å². The lowest BCUT2D eigenvalue weighted by atomic mass is 10.0. The molecule has 0 unspecified atom stereocenters. The van der Waals surface area contributed by atoms with Gasteiger partial charge in [0, 0.05) is 63.5 Å². The molecule has 0 aliphatic carbocycles. The molecular formula is C22H38N6O2. The summed E-state index contributed by atoms with van der Waals surface area (Å²) in [4.78, 5) is 30.3. The molecule has 8 nitrogen and oxygen atoms in total. The molecule has 30 heavy (non-hydrogen) atoms. The number of nitrogens with one attached hydrogen (secondary N) is 2. The zero-order valence-electron chi connectivity index (χ0n) is 19.1. The van der Waals surface area contributed by atoms with E-state index in [0.29, 0.717) is 23.5 Å². The fourth-order valence-corrected chi connectivity index (χ4v) is 4.43. The number of nitrogens with zero attached hydrogens (tertiary/aromatic N) is 4. The number of aromatic nitrogens is 2. The van der Waals surface area contributed by atoms with Crippen LogP contribution in [0.25, 0.3) is 0 Å². The van der Waals surface area contributed by atoms with Crippen molar-refractivity contribution in [2.45, 2.75) is 77.5 Å². The second-order valence-electron chi connectivity index (χ2n) is 9.29. The molecule has 2 saturated heterocycles. The predicted octanol–water partition coefficient (Wildman–Crippen LogP) is 1.63. The van der Waals surface area contributed by atoms with Crippen LogP contribution in [0.2, 0.25) is 0 Å². The third kappa shape index (κ3) is 5.60. The van der Waals surface area contributed by atoms with E-state index in [4.69, 9.17) is 0 Å². The molecule has 168 valence electrons. The van der Waals surface area contributed by atoms with Crippen LogP contribution in [0.4, 0.5) is 0 Å². The largest absolute Gasteiger partial charge is 0.348 e. The van der Waals surface area contributed by atoms with Gasteiger partial charge in [0.25, 0.3) is 11.8 Å². The third-order valence-corrected chi connectivity index (χ3v) is 6.54. The summed E-state index contributed by atoms with van der Waals surface area (Å²) in [5.74, 6) is -0.352. The Hall–Kier alpha value is -1.93. The molecule has 2 fully saturated rings. The maximum absolute atomic E-state index is 12.8. The zero-order valence-corrected chi connectivity index (χ0v) is 19.1. The third-order valence-electron chi connectivity index (χ3n) is 6.54. The van der Waals surface area contributed by atoms with Gasteiger partial charge in [-0.2, -0.15) is 5.10 Å². The van der Waals surface area contributed by atoms with Crippen LogP contribution < -0.4 is 10.6 Å². The van der Waals surface area contributed by atoms with E-state index in [-0.39, 0.29) is 23.9 Å². The second-order valence-corrected chi connectivity index (χ2v) is 9.29. The summed E-state index contributed by atoms with van der Waals surface area (Å²) in [5, 5.41) is 10.5. The highest BCUT2D eigenvalue weighted by atomic mass is 16.2. The average Bonchev–Trinajstić information content (AvgIpc) is 3.11. The number of piperidine rings is 2. The Labute approximate surface area is 180 Å². The molecule has 8 heteroatoms. The fraction of sp³-hybridized carbons (Fsp3) is 0.773. The number of hydrogen-bond acceptors (Lipinski definition) is 5. The van der Waals surface area contributed by atoms with Gasteiger partial charge in [-0.05, 0) is 53.4 Å². The Bertz CT molecular complexity index is 728. The zero-order chi connectivity index (χ0) is 21.8. The number of carbonyl (C=O) groups excluding carboxylic acids is 2. The first kappa shape index (κ1) is 22.7. The lowest BCUT2D eigenvalue weighted by Gasteiger charge is -2.34. The first-order valence-electron chi connectivity index (χ1n) is 11.4. The molecule has 1 aromatic heterocycles. The maximum Gasteiger partial charge on any atom is 0.272 e. The number of likely N-dealkylation sites (tertiary alicyclic amines) is 2. The van der Waals surface area contributed by atoms with Crippen LogP contribution in [0.15, 0.2) is 6.07 Å². The molecule has 2 aliphatic rings. The summed E-state index contributed by atoms with van der Waals surface area (Å²) < 4.78 is 1.51. The van der Waals surface area contributed by atoms with Crippen LogP contribution in [0, 0.1) is 0 Å². The molecule has 0 spiro atoms. The van der Waals surface area contributed by atoms with E-state index in [1.165, 1.54) is 4.68 Å². The highest BCUT2D eigenvalue weighted by Crippen LogP contribution is 2.15. The van der Waals surface area contributed by atoms with E-state index >= 15 is 0 Å². The molecule has 0 aromatic carbocycles. The number of aryl methyl sites for hydroxylation is 1. The van der Waals surface area contributed by atoms with Gasteiger partial charge in [-0.3, -0.25) is 14.3 Å². The van der Waals surface area contributed by atoms with Gasteiger partial charge in [-0.25, -0.2) is 0 Å². The molecule has 3 heterocycles. The molecule has 2 aliphatic heterocycles. The minimum Gasteiger partial charge on any atom is -0.348 e. The van der Waals surface area contributed by atoms with E-state index in [1.807, 2.05) is 0 Å². The Morgan fingerprint density at radius 3 is 1.73 bits per heavy atom. The van der Waals surface area contributed by atoms with Crippen molar-refractivity contribution in [1.29, 1.82) is 0 Å². The topological polar surface area (TPSA) is 82.5 Å². The quantitative estimate of drug-likeness (QED) is 0.734. The molecule has 2 amide bonds. The Morgan fingerprint density at radius 2 is 1.30 bits per heavy atom. The smallest absolute Gasteiger partial charge is 0.272 e. The average molecular weight is 419 g/mol. The van der Waals surface area contributed by atoms with Crippen LogP contribution >= 0.6 is 0 Å². The summed E-state index contributed by atoms with van der Waals surface area (Å²) in [6.07, 6.45) is 3.78. The monoisotopic (exact) mass is 418 g/mol. The lowest BCUT2D eigenvalue weighted by molar-refractivity contribution is 0.0884. The van der Waals surface area contributed by atoms with E-state index in [2.05, 4.69) is 53.2 Å².